The minimum absolute atomic E-state index is 0.151. The molecule has 0 bridgehead atoms. The van der Waals surface area contributed by atoms with Crippen molar-refractivity contribution in [1.29, 1.82) is 0 Å². The van der Waals surface area contributed by atoms with Gasteiger partial charge in [0.15, 0.2) is 0 Å². The summed E-state index contributed by atoms with van der Waals surface area (Å²) in [7, 11) is 0. The van der Waals surface area contributed by atoms with Gasteiger partial charge in [-0.05, 0) is 37.7 Å². The van der Waals surface area contributed by atoms with Crippen molar-refractivity contribution in [1.82, 2.24) is 10.2 Å². The molecule has 0 saturated carbocycles. The number of nitrogens with zero attached hydrogens (tertiary/aromatic N) is 1. The van der Waals surface area contributed by atoms with Crippen LogP contribution in [0.4, 0.5) is 0 Å². The van der Waals surface area contributed by atoms with Crippen LogP contribution in [0.5, 0.6) is 0 Å². The highest BCUT2D eigenvalue weighted by Gasteiger charge is 2.34. The molecule has 1 amide bonds. The van der Waals surface area contributed by atoms with Gasteiger partial charge < -0.3 is 16.0 Å². The van der Waals surface area contributed by atoms with E-state index in [1.165, 1.54) is 5.56 Å². The third-order valence-corrected chi connectivity index (χ3v) is 5.71. The first-order valence-electron chi connectivity index (χ1n) is 9.41. The molecule has 1 aliphatic rings. The maximum atomic E-state index is 12.6. The molecule has 3 N–H and O–H groups in total. The van der Waals surface area contributed by atoms with Crippen LogP contribution < -0.4 is 11.1 Å². The van der Waals surface area contributed by atoms with E-state index in [2.05, 4.69) is 54.4 Å². The van der Waals surface area contributed by atoms with Gasteiger partial charge in [0.1, 0.15) is 0 Å². The monoisotopic (exact) mass is 331 g/mol. The van der Waals surface area contributed by atoms with Crippen molar-refractivity contribution in [2.75, 3.05) is 26.2 Å². The summed E-state index contributed by atoms with van der Waals surface area (Å²) < 4.78 is 0. The van der Waals surface area contributed by atoms with Gasteiger partial charge in [0, 0.05) is 32.2 Å². The van der Waals surface area contributed by atoms with Crippen LogP contribution in [0.3, 0.4) is 0 Å². The molecule has 2 rings (SSSR count). The lowest BCUT2D eigenvalue weighted by atomic mass is 9.81. The zero-order chi connectivity index (χ0) is 17.4. The van der Waals surface area contributed by atoms with Gasteiger partial charge >= 0.3 is 0 Å². The summed E-state index contributed by atoms with van der Waals surface area (Å²) >= 11 is 0. The van der Waals surface area contributed by atoms with E-state index >= 15 is 0 Å². The van der Waals surface area contributed by atoms with Crippen molar-refractivity contribution in [2.24, 2.45) is 11.1 Å². The molecule has 24 heavy (non-hydrogen) atoms. The van der Waals surface area contributed by atoms with Crippen molar-refractivity contribution < 1.29 is 4.79 Å². The quantitative estimate of drug-likeness (QED) is 0.770. The van der Waals surface area contributed by atoms with Gasteiger partial charge in [-0.25, -0.2) is 0 Å². The van der Waals surface area contributed by atoms with Gasteiger partial charge in [-0.15, -0.1) is 0 Å². The Labute approximate surface area is 146 Å². The summed E-state index contributed by atoms with van der Waals surface area (Å²) in [5.41, 5.74) is 6.89. The van der Waals surface area contributed by atoms with Crippen molar-refractivity contribution in [3.05, 3.63) is 35.9 Å². The van der Waals surface area contributed by atoms with Crippen molar-refractivity contribution in [2.45, 2.75) is 52.0 Å². The van der Waals surface area contributed by atoms with Crippen molar-refractivity contribution >= 4 is 5.91 Å². The molecule has 0 aromatic heterocycles. The van der Waals surface area contributed by atoms with Crippen LogP contribution in [-0.2, 0) is 11.2 Å². The van der Waals surface area contributed by atoms with E-state index in [4.69, 9.17) is 5.73 Å². The standard InChI is InChI=1S/C20H33N3O/c1-3-20(4-2,16-21)19(24)22-18-11-14-23(15-12-18)13-10-17-8-6-5-7-9-17/h5-9,18H,3-4,10-16,21H2,1-2H3,(H,22,24). The average molecular weight is 332 g/mol. The van der Waals surface area contributed by atoms with E-state index in [1.807, 2.05) is 0 Å². The second-order valence-corrected chi connectivity index (χ2v) is 7.02. The molecular formula is C20H33N3O. The highest BCUT2D eigenvalue weighted by atomic mass is 16.2. The molecule has 1 saturated heterocycles. The number of rotatable bonds is 8. The maximum Gasteiger partial charge on any atom is 0.227 e. The number of hydrogen-bond donors (Lipinski definition) is 2. The topological polar surface area (TPSA) is 58.4 Å². The van der Waals surface area contributed by atoms with Crippen LogP contribution in [-0.4, -0.2) is 43.0 Å². The van der Waals surface area contributed by atoms with Gasteiger partial charge in [0.05, 0.1) is 5.41 Å². The van der Waals surface area contributed by atoms with Crippen molar-refractivity contribution in [3.63, 3.8) is 0 Å². The number of carbonyl (C=O) groups excluding carboxylic acids is 1. The number of benzene rings is 1. The second-order valence-electron chi connectivity index (χ2n) is 7.02. The molecule has 4 nitrogen and oxygen atoms in total. The number of nitrogens with one attached hydrogen (secondary N) is 1. The largest absolute Gasteiger partial charge is 0.353 e. The summed E-state index contributed by atoms with van der Waals surface area (Å²) in [5.74, 6) is 0.151. The molecular weight excluding hydrogens is 298 g/mol. The number of piperidine rings is 1. The van der Waals surface area contributed by atoms with Crippen molar-refractivity contribution in [3.8, 4) is 0 Å². The van der Waals surface area contributed by atoms with Crippen LogP contribution >= 0.6 is 0 Å². The zero-order valence-electron chi connectivity index (χ0n) is 15.3. The van der Waals surface area contributed by atoms with E-state index in [-0.39, 0.29) is 11.3 Å². The minimum atomic E-state index is -0.384. The van der Waals surface area contributed by atoms with E-state index < -0.39 is 0 Å². The van der Waals surface area contributed by atoms with E-state index in [0.717, 1.165) is 51.7 Å². The summed E-state index contributed by atoms with van der Waals surface area (Å²) in [5, 5.41) is 3.26. The Morgan fingerprint density at radius 3 is 2.38 bits per heavy atom. The minimum Gasteiger partial charge on any atom is -0.353 e. The van der Waals surface area contributed by atoms with Crippen LogP contribution in [0.1, 0.15) is 45.1 Å². The Hall–Kier alpha value is -1.39. The number of nitrogens with two attached hydrogens (primary N) is 1. The fourth-order valence-corrected chi connectivity index (χ4v) is 3.52. The molecule has 0 spiro atoms. The first-order chi connectivity index (χ1) is 11.6. The van der Waals surface area contributed by atoms with E-state index in [0.29, 0.717) is 12.6 Å². The van der Waals surface area contributed by atoms with Crippen LogP contribution in [0.2, 0.25) is 0 Å². The van der Waals surface area contributed by atoms with E-state index in [9.17, 15) is 4.79 Å². The lowest BCUT2D eigenvalue weighted by Crippen LogP contribution is -2.51. The molecule has 1 aromatic carbocycles. The molecule has 0 unspecified atom stereocenters. The third kappa shape index (κ3) is 4.81. The average Bonchev–Trinajstić information content (AvgIpc) is 2.64. The second kappa shape index (κ2) is 9.19. The molecule has 1 aromatic rings. The first-order valence-corrected chi connectivity index (χ1v) is 9.41. The maximum absolute atomic E-state index is 12.6. The van der Waals surface area contributed by atoms with Crippen LogP contribution in [0.25, 0.3) is 0 Å². The Balaban J connectivity index is 1.75. The van der Waals surface area contributed by atoms with Gasteiger partial charge in [-0.1, -0.05) is 44.2 Å². The van der Waals surface area contributed by atoms with Gasteiger partial charge in [0.2, 0.25) is 5.91 Å². The number of carbonyl (C=O) groups is 1. The summed E-state index contributed by atoms with van der Waals surface area (Å²) in [6.45, 7) is 7.77. The highest BCUT2D eigenvalue weighted by Crippen LogP contribution is 2.26. The Morgan fingerprint density at radius 1 is 1.21 bits per heavy atom. The zero-order valence-corrected chi connectivity index (χ0v) is 15.3. The van der Waals surface area contributed by atoms with Crippen LogP contribution in [0, 0.1) is 5.41 Å². The van der Waals surface area contributed by atoms with Gasteiger partial charge in [-0.3, -0.25) is 4.79 Å². The Bertz CT molecular complexity index is 483. The predicted octanol–water partition coefficient (Wildman–Crippen LogP) is 2.57. The fraction of sp³-hybridized carbons (Fsp3) is 0.650. The molecule has 1 heterocycles. The Kier molecular flexibility index (Phi) is 7.25. The smallest absolute Gasteiger partial charge is 0.227 e. The molecule has 0 aliphatic carbocycles. The lowest BCUT2D eigenvalue weighted by Gasteiger charge is -2.35. The summed E-state index contributed by atoms with van der Waals surface area (Å²) in [4.78, 5) is 15.1. The molecule has 1 aliphatic heterocycles. The molecule has 4 heteroatoms. The normalized spacial score (nSPS) is 17.0. The van der Waals surface area contributed by atoms with Gasteiger partial charge in [-0.2, -0.15) is 0 Å². The number of likely N-dealkylation sites (tertiary alicyclic amines) is 1. The molecule has 0 atom stereocenters. The summed E-state index contributed by atoms with van der Waals surface area (Å²) in [6.07, 6.45) is 4.78. The lowest BCUT2D eigenvalue weighted by molar-refractivity contribution is -0.132. The fourth-order valence-electron chi connectivity index (χ4n) is 3.52. The number of hydrogen-bond acceptors (Lipinski definition) is 3. The molecule has 134 valence electrons. The molecule has 1 fully saturated rings. The first kappa shape index (κ1) is 18.9. The van der Waals surface area contributed by atoms with Crippen LogP contribution in [0.15, 0.2) is 30.3 Å². The SMILES string of the molecule is CCC(CC)(CN)C(=O)NC1CCN(CCc2ccccc2)CC1. The predicted molar refractivity (Wildman–Crippen MR) is 99.8 cm³/mol. The molecule has 0 radical (unpaired) electrons. The van der Waals surface area contributed by atoms with E-state index in [1.54, 1.807) is 0 Å². The summed E-state index contributed by atoms with van der Waals surface area (Å²) in [6, 6.07) is 10.9. The number of amides is 1. The highest BCUT2D eigenvalue weighted by molar-refractivity contribution is 5.83. The Morgan fingerprint density at radius 2 is 1.83 bits per heavy atom. The van der Waals surface area contributed by atoms with Gasteiger partial charge in [0.25, 0.3) is 0 Å². The third-order valence-electron chi connectivity index (χ3n) is 5.71.